The van der Waals surface area contributed by atoms with Gasteiger partial charge in [0.05, 0.1) is 0 Å². The van der Waals surface area contributed by atoms with E-state index in [0.717, 1.165) is 6.54 Å². The predicted octanol–water partition coefficient (Wildman–Crippen LogP) is 4.04. The van der Waals surface area contributed by atoms with Crippen molar-refractivity contribution in [3.05, 3.63) is 0 Å². The van der Waals surface area contributed by atoms with Crippen LogP contribution in [-0.2, 0) is 0 Å². The van der Waals surface area contributed by atoms with E-state index in [1.807, 2.05) is 0 Å². The Kier molecular flexibility index (Phi) is 8.89. The molecule has 2 heteroatoms. The molecular formula is C16H36N2. The van der Waals surface area contributed by atoms with E-state index in [1.54, 1.807) is 0 Å². The lowest BCUT2D eigenvalue weighted by Crippen LogP contribution is -2.58. The van der Waals surface area contributed by atoms with E-state index in [9.17, 15) is 0 Å². The topological polar surface area (TPSA) is 29.3 Å². The molecule has 0 amide bonds. The first kappa shape index (κ1) is 17.9. The molecule has 2 nitrogen and oxygen atoms in total. The van der Waals surface area contributed by atoms with E-state index < -0.39 is 0 Å². The number of rotatable bonds is 10. The second-order valence-corrected chi connectivity index (χ2v) is 6.05. The number of nitrogens with two attached hydrogens (primary N) is 1. The van der Waals surface area contributed by atoms with E-state index in [1.165, 1.54) is 38.6 Å². The Morgan fingerprint density at radius 3 is 1.89 bits per heavy atom. The van der Waals surface area contributed by atoms with Crippen LogP contribution >= 0.6 is 0 Å². The van der Waals surface area contributed by atoms with Crippen molar-refractivity contribution in [2.75, 3.05) is 13.1 Å². The Bertz CT molecular complexity index is 193. The lowest BCUT2D eigenvalue weighted by Gasteiger charge is -2.48. The average molecular weight is 256 g/mol. The van der Waals surface area contributed by atoms with Crippen molar-refractivity contribution in [2.45, 2.75) is 85.2 Å². The Balaban J connectivity index is 5.19. The number of hydrogen-bond donors (Lipinski definition) is 1. The minimum atomic E-state index is 0.218. The highest BCUT2D eigenvalue weighted by molar-refractivity contribution is 4.93. The van der Waals surface area contributed by atoms with Crippen LogP contribution in [0.3, 0.4) is 0 Å². The van der Waals surface area contributed by atoms with Gasteiger partial charge in [-0.15, -0.1) is 0 Å². The summed E-state index contributed by atoms with van der Waals surface area (Å²) in [6, 6.07) is 0.683. The van der Waals surface area contributed by atoms with Crippen molar-refractivity contribution >= 4 is 0 Å². The molecule has 18 heavy (non-hydrogen) atoms. The third-order valence-electron chi connectivity index (χ3n) is 4.31. The third-order valence-corrected chi connectivity index (χ3v) is 4.31. The molecule has 0 aromatic rings. The molecule has 0 spiro atoms. The molecule has 0 aromatic carbocycles. The lowest BCUT2D eigenvalue weighted by atomic mass is 9.85. The summed E-state index contributed by atoms with van der Waals surface area (Å²) in [5.74, 6) is 0.708. The molecule has 2 N–H and O–H groups in total. The zero-order valence-corrected chi connectivity index (χ0v) is 13.6. The summed E-state index contributed by atoms with van der Waals surface area (Å²) in [4.78, 5) is 2.74. The van der Waals surface area contributed by atoms with E-state index >= 15 is 0 Å². The number of nitrogens with zero attached hydrogens (tertiary/aromatic N) is 1. The SMILES string of the molecule is CCCC(CC)(CN)N(CC(C)C)C(CC)CC. The minimum absolute atomic E-state index is 0.218. The summed E-state index contributed by atoms with van der Waals surface area (Å²) >= 11 is 0. The highest BCUT2D eigenvalue weighted by atomic mass is 15.2. The van der Waals surface area contributed by atoms with Crippen molar-refractivity contribution < 1.29 is 0 Å². The van der Waals surface area contributed by atoms with Gasteiger partial charge in [0.25, 0.3) is 0 Å². The van der Waals surface area contributed by atoms with Crippen molar-refractivity contribution in [1.82, 2.24) is 4.90 Å². The van der Waals surface area contributed by atoms with E-state index in [-0.39, 0.29) is 5.54 Å². The van der Waals surface area contributed by atoms with Gasteiger partial charge >= 0.3 is 0 Å². The van der Waals surface area contributed by atoms with Gasteiger partial charge in [-0.3, -0.25) is 4.90 Å². The van der Waals surface area contributed by atoms with Crippen molar-refractivity contribution in [2.24, 2.45) is 11.7 Å². The van der Waals surface area contributed by atoms with Gasteiger partial charge in [-0.25, -0.2) is 0 Å². The summed E-state index contributed by atoms with van der Waals surface area (Å²) in [6.45, 7) is 15.8. The maximum Gasteiger partial charge on any atom is 0.0332 e. The smallest absolute Gasteiger partial charge is 0.0332 e. The van der Waals surface area contributed by atoms with Crippen LogP contribution in [0.5, 0.6) is 0 Å². The van der Waals surface area contributed by atoms with Gasteiger partial charge in [0.15, 0.2) is 0 Å². The Hall–Kier alpha value is -0.0800. The van der Waals surface area contributed by atoms with Gasteiger partial charge in [-0.05, 0) is 31.6 Å². The van der Waals surface area contributed by atoms with Crippen molar-refractivity contribution in [1.29, 1.82) is 0 Å². The van der Waals surface area contributed by atoms with Crippen LogP contribution < -0.4 is 5.73 Å². The normalized spacial score (nSPS) is 15.7. The third kappa shape index (κ3) is 4.55. The maximum atomic E-state index is 6.19. The lowest BCUT2D eigenvalue weighted by molar-refractivity contribution is 0.0216. The minimum Gasteiger partial charge on any atom is -0.329 e. The first-order valence-electron chi connectivity index (χ1n) is 7.97. The molecule has 0 rings (SSSR count). The average Bonchev–Trinajstić information content (AvgIpc) is 2.36. The highest BCUT2D eigenvalue weighted by Crippen LogP contribution is 2.30. The van der Waals surface area contributed by atoms with Gasteiger partial charge in [0.2, 0.25) is 0 Å². The van der Waals surface area contributed by atoms with Crippen LogP contribution in [0.4, 0.5) is 0 Å². The molecular weight excluding hydrogens is 220 g/mol. The van der Waals surface area contributed by atoms with Crippen LogP contribution in [-0.4, -0.2) is 29.6 Å². The fourth-order valence-electron chi connectivity index (χ4n) is 3.21. The van der Waals surface area contributed by atoms with Crippen LogP contribution in [0.15, 0.2) is 0 Å². The molecule has 110 valence electrons. The molecule has 0 saturated carbocycles. The van der Waals surface area contributed by atoms with E-state index in [2.05, 4.69) is 46.4 Å². The summed E-state index contributed by atoms with van der Waals surface area (Å²) < 4.78 is 0. The van der Waals surface area contributed by atoms with E-state index in [0.29, 0.717) is 12.0 Å². The number of hydrogen-bond acceptors (Lipinski definition) is 2. The van der Waals surface area contributed by atoms with Gasteiger partial charge < -0.3 is 5.73 Å². The molecule has 0 heterocycles. The fraction of sp³-hybridized carbons (Fsp3) is 1.00. The van der Waals surface area contributed by atoms with Crippen LogP contribution in [0.2, 0.25) is 0 Å². The van der Waals surface area contributed by atoms with E-state index in [4.69, 9.17) is 5.73 Å². The first-order chi connectivity index (χ1) is 8.51. The van der Waals surface area contributed by atoms with Gasteiger partial charge in [-0.1, -0.05) is 48.0 Å². The summed E-state index contributed by atoms with van der Waals surface area (Å²) in [5, 5.41) is 0. The molecule has 0 aliphatic heterocycles. The largest absolute Gasteiger partial charge is 0.329 e. The molecule has 1 atom stereocenters. The van der Waals surface area contributed by atoms with Crippen LogP contribution in [0.1, 0.15) is 73.6 Å². The van der Waals surface area contributed by atoms with Crippen molar-refractivity contribution in [3.8, 4) is 0 Å². The molecule has 0 aliphatic rings. The highest BCUT2D eigenvalue weighted by Gasteiger charge is 2.36. The summed E-state index contributed by atoms with van der Waals surface area (Å²) in [5.41, 5.74) is 6.40. The van der Waals surface area contributed by atoms with Gasteiger partial charge in [-0.2, -0.15) is 0 Å². The Labute approximate surface area is 115 Å². The predicted molar refractivity (Wildman–Crippen MR) is 82.9 cm³/mol. The summed E-state index contributed by atoms with van der Waals surface area (Å²) in [6.07, 6.45) is 6.08. The van der Waals surface area contributed by atoms with Crippen molar-refractivity contribution in [3.63, 3.8) is 0 Å². The first-order valence-corrected chi connectivity index (χ1v) is 7.97. The van der Waals surface area contributed by atoms with Crippen LogP contribution in [0, 0.1) is 5.92 Å². The van der Waals surface area contributed by atoms with Gasteiger partial charge in [0.1, 0.15) is 0 Å². The standard InChI is InChI=1S/C16H36N2/c1-7-11-16(10-4,13-17)18(12-14(5)6)15(8-2)9-3/h14-15H,7-13,17H2,1-6H3. The Morgan fingerprint density at radius 1 is 1.06 bits per heavy atom. The molecule has 1 unspecified atom stereocenters. The zero-order chi connectivity index (χ0) is 14.2. The second-order valence-electron chi connectivity index (χ2n) is 6.05. The zero-order valence-electron chi connectivity index (χ0n) is 13.6. The summed E-state index contributed by atoms with van der Waals surface area (Å²) in [7, 11) is 0. The Morgan fingerprint density at radius 2 is 1.61 bits per heavy atom. The van der Waals surface area contributed by atoms with Gasteiger partial charge in [0, 0.05) is 24.7 Å². The molecule has 0 aliphatic carbocycles. The maximum absolute atomic E-state index is 6.19. The van der Waals surface area contributed by atoms with Crippen LogP contribution in [0.25, 0.3) is 0 Å². The molecule has 0 radical (unpaired) electrons. The quantitative estimate of drug-likeness (QED) is 0.639. The fourth-order valence-corrected chi connectivity index (χ4v) is 3.21. The monoisotopic (exact) mass is 256 g/mol. The molecule has 0 fully saturated rings. The molecule has 0 saturated heterocycles. The molecule has 0 bridgehead atoms. The second kappa shape index (κ2) is 8.92. The molecule has 0 aromatic heterocycles.